The maximum atomic E-state index is 11.5. The summed E-state index contributed by atoms with van der Waals surface area (Å²) >= 11 is 0. The van der Waals surface area contributed by atoms with E-state index in [1.807, 2.05) is 0 Å². The monoisotopic (exact) mass is 423 g/mol. The van der Waals surface area contributed by atoms with E-state index in [9.17, 15) is 4.79 Å². The molecule has 1 N–H and O–H groups in total. The Labute approximate surface area is 181 Å². The Bertz CT molecular complexity index is 810. The van der Waals surface area contributed by atoms with Crippen molar-refractivity contribution in [1.29, 1.82) is 0 Å². The molecule has 4 nitrogen and oxygen atoms in total. The predicted octanol–water partition coefficient (Wildman–Crippen LogP) is 3.39. The zero-order valence-corrected chi connectivity index (χ0v) is 19.3. The second-order valence-electron chi connectivity index (χ2n) is 9.59. The summed E-state index contributed by atoms with van der Waals surface area (Å²) in [5, 5.41) is 6.30. The van der Waals surface area contributed by atoms with Gasteiger partial charge in [-0.15, -0.1) is 0 Å². The van der Waals surface area contributed by atoms with Gasteiger partial charge in [-0.2, -0.15) is 0 Å². The molecular formula is C25H33NO3Si. The van der Waals surface area contributed by atoms with Crippen molar-refractivity contribution in [2.24, 2.45) is 0 Å². The second-order valence-corrected chi connectivity index (χ2v) is 13.9. The second kappa shape index (κ2) is 8.65. The van der Waals surface area contributed by atoms with Gasteiger partial charge < -0.3 is 14.5 Å². The number of benzene rings is 2. The van der Waals surface area contributed by atoms with Gasteiger partial charge in [0.05, 0.1) is 6.61 Å². The Hall–Kier alpha value is -1.95. The minimum Gasteiger partial charge on any atom is -0.461 e. The van der Waals surface area contributed by atoms with Crippen LogP contribution in [-0.4, -0.2) is 39.1 Å². The van der Waals surface area contributed by atoms with E-state index in [1.54, 1.807) is 0 Å². The first-order chi connectivity index (χ1) is 14.4. The van der Waals surface area contributed by atoms with Gasteiger partial charge in [-0.3, -0.25) is 4.79 Å². The number of carbonyl (C=O) groups is 1. The maximum absolute atomic E-state index is 11.5. The zero-order chi connectivity index (χ0) is 21.2. The first kappa shape index (κ1) is 21.3. The third-order valence-electron chi connectivity index (χ3n) is 6.56. The first-order valence-electron chi connectivity index (χ1n) is 11.1. The zero-order valence-electron chi connectivity index (χ0n) is 18.3. The maximum Gasteiger partial charge on any atom is 0.306 e. The van der Waals surface area contributed by atoms with Crippen LogP contribution in [0.4, 0.5) is 0 Å². The van der Waals surface area contributed by atoms with E-state index in [2.05, 4.69) is 86.8 Å². The normalized spacial score (nSPS) is 24.8. The topological polar surface area (TPSA) is 47.6 Å². The highest BCUT2D eigenvalue weighted by Crippen LogP contribution is 2.37. The van der Waals surface area contributed by atoms with Gasteiger partial charge in [0.2, 0.25) is 0 Å². The molecule has 5 heteroatoms. The number of cyclic esters (lactones) is 1. The molecule has 3 atom stereocenters. The molecule has 0 radical (unpaired) electrons. The number of carbonyl (C=O) groups excluding carboxylic acids is 1. The van der Waals surface area contributed by atoms with Crippen LogP contribution in [0.1, 0.15) is 46.5 Å². The SMILES string of the molecule is CC(C)(C)[Si](OC[C@@H]1CC[C@@H]([C@@H]2CCC(=O)O2)N1)(c1ccccc1)c1ccccc1. The van der Waals surface area contributed by atoms with Crippen LogP contribution in [0, 0.1) is 0 Å². The molecule has 2 fully saturated rings. The van der Waals surface area contributed by atoms with Gasteiger partial charge >= 0.3 is 5.97 Å². The molecule has 0 aromatic heterocycles. The van der Waals surface area contributed by atoms with Crippen molar-refractivity contribution in [3.63, 3.8) is 0 Å². The molecule has 30 heavy (non-hydrogen) atoms. The summed E-state index contributed by atoms with van der Waals surface area (Å²) in [5.41, 5.74) is 0. The van der Waals surface area contributed by atoms with Gasteiger partial charge in [0.15, 0.2) is 0 Å². The molecule has 0 amide bonds. The molecule has 2 aromatic carbocycles. The van der Waals surface area contributed by atoms with Crippen molar-refractivity contribution in [3.8, 4) is 0 Å². The molecule has 2 aliphatic rings. The van der Waals surface area contributed by atoms with Gasteiger partial charge in [-0.25, -0.2) is 0 Å². The largest absolute Gasteiger partial charge is 0.461 e. The molecule has 0 spiro atoms. The molecule has 0 unspecified atom stereocenters. The van der Waals surface area contributed by atoms with E-state index in [0.717, 1.165) is 19.3 Å². The third-order valence-corrected chi connectivity index (χ3v) is 11.6. The fraction of sp³-hybridized carbons (Fsp3) is 0.480. The minimum atomic E-state index is -2.51. The summed E-state index contributed by atoms with van der Waals surface area (Å²) in [6.45, 7) is 7.59. The summed E-state index contributed by atoms with van der Waals surface area (Å²) in [7, 11) is -2.51. The molecule has 0 bridgehead atoms. The Morgan fingerprint density at radius 2 is 1.57 bits per heavy atom. The summed E-state index contributed by atoms with van der Waals surface area (Å²) in [4.78, 5) is 11.5. The van der Waals surface area contributed by atoms with E-state index in [1.165, 1.54) is 10.4 Å². The van der Waals surface area contributed by atoms with E-state index < -0.39 is 8.32 Å². The summed E-state index contributed by atoms with van der Waals surface area (Å²) < 4.78 is 12.5. The lowest BCUT2D eigenvalue weighted by molar-refractivity contribution is -0.142. The molecule has 0 aliphatic carbocycles. The van der Waals surface area contributed by atoms with Crippen LogP contribution in [0.5, 0.6) is 0 Å². The lowest BCUT2D eigenvalue weighted by Crippen LogP contribution is -2.67. The highest BCUT2D eigenvalue weighted by molar-refractivity contribution is 6.99. The van der Waals surface area contributed by atoms with E-state index in [-0.39, 0.29) is 29.2 Å². The van der Waals surface area contributed by atoms with Gasteiger partial charge in [-0.1, -0.05) is 81.4 Å². The smallest absolute Gasteiger partial charge is 0.306 e. The third kappa shape index (κ3) is 4.11. The first-order valence-corrected chi connectivity index (χ1v) is 13.0. The van der Waals surface area contributed by atoms with Crippen LogP contribution in [0.15, 0.2) is 60.7 Å². The fourth-order valence-electron chi connectivity index (χ4n) is 5.09. The Kier molecular flexibility index (Phi) is 6.14. The van der Waals surface area contributed by atoms with Crippen molar-refractivity contribution in [1.82, 2.24) is 5.32 Å². The molecule has 2 saturated heterocycles. The lowest BCUT2D eigenvalue weighted by atomic mass is 10.1. The van der Waals surface area contributed by atoms with Crippen LogP contribution in [0.3, 0.4) is 0 Å². The highest BCUT2D eigenvalue weighted by atomic mass is 28.4. The molecule has 0 saturated carbocycles. The summed E-state index contributed by atoms with van der Waals surface area (Å²) in [5.74, 6) is -0.0613. The van der Waals surface area contributed by atoms with Gasteiger partial charge in [0.25, 0.3) is 8.32 Å². The number of hydrogen-bond donors (Lipinski definition) is 1. The molecule has 2 aliphatic heterocycles. The predicted molar refractivity (Wildman–Crippen MR) is 123 cm³/mol. The van der Waals surface area contributed by atoms with Crippen LogP contribution in [-0.2, 0) is 14.0 Å². The van der Waals surface area contributed by atoms with E-state index in [0.29, 0.717) is 13.0 Å². The standard InChI is InChI=1S/C25H33NO3Si/c1-25(2,3)30(20-10-6-4-7-11-20,21-12-8-5-9-13-21)28-18-19-14-15-22(26-19)23-16-17-24(27)29-23/h4-13,19,22-23,26H,14-18H2,1-3H3/t19-,22-,23-/m0/s1. The quantitative estimate of drug-likeness (QED) is 0.572. The van der Waals surface area contributed by atoms with Crippen LogP contribution in [0.2, 0.25) is 5.04 Å². The van der Waals surface area contributed by atoms with Crippen molar-refractivity contribution < 1.29 is 14.0 Å². The van der Waals surface area contributed by atoms with Gasteiger partial charge in [0, 0.05) is 18.5 Å². The Morgan fingerprint density at radius 3 is 2.07 bits per heavy atom. The average molecular weight is 424 g/mol. The number of rotatable bonds is 6. The molecule has 160 valence electrons. The van der Waals surface area contributed by atoms with Gasteiger partial charge in [-0.05, 0) is 34.7 Å². The molecule has 2 heterocycles. The lowest BCUT2D eigenvalue weighted by Gasteiger charge is -2.43. The molecule has 2 aromatic rings. The van der Waals surface area contributed by atoms with Crippen molar-refractivity contribution in [3.05, 3.63) is 60.7 Å². The average Bonchev–Trinajstić information content (AvgIpc) is 3.38. The summed E-state index contributed by atoms with van der Waals surface area (Å²) in [6.07, 6.45) is 3.49. The molecule has 4 rings (SSSR count). The van der Waals surface area contributed by atoms with Crippen LogP contribution < -0.4 is 15.7 Å². The number of esters is 1. The fourth-order valence-corrected chi connectivity index (χ4v) is 9.70. The minimum absolute atomic E-state index is 0.0192. The van der Waals surface area contributed by atoms with E-state index in [4.69, 9.17) is 9.16 Å². The number of hydrogen-bond acceptors (Lipinski definition) is 4. The van der Waals surface area contributed by atoms with Crippen molar-refractivity contribution in [2.75, 3.05) is 6.61 Å². The Balaban J connectivity index is 1.57. The van der Waals surface area contributed by atoms with Gasteiger partial charge in [0.1, 0.15) is 6.10 Å². The van der Waals surface area contributed by atoms with Crippen LogP contribution in [0.25, 0.3) is 0 Å². The van der Waals surface area contributed by atoms with Crippen molar-refractivity contribution >= 4 is 24.7 Å². The number of nitrogens with one attached hydrogen (secondary N) is 1. The Morgan fingerprint density at radius 1 is 0.967 bits per heavy atom. The highest BCUT2D eigenvalue weighted by Gasteiger charge is 2.50. The molecular weight excluding hydrogens is 390 g/mol. The summed E-state index contributed by atoms with van der Waals surface area (Å²) in [6, 6.07) is 22.1. The van der Waals surface area contributed by atoms with Crippen molar-refractivity contribution in [2.45, 2.75) is 69.7 Å². The number of ether oxygens (including phenoxy) is 1. The van der Waals surface area contributed by atoms with Crippen LogP contribution >= 0.6 is 0 Å². The van der Waals surface area contributed by atoms with E-state index >= 15 is 0 Å².